The van der Waals surface area contributed by atoms with Crippen molar-refractivity contribution < 1.29 is 13.9 Å². The van der Waals surface area contributed by atoms with Gasteiger partial charge in [-0.25, -0.2) is 14.6 Å². The highest BCUT2D eigenvalue weighted by molar-refractivity contribution is 5.99. The van der Waals surface area contributed by atoms with Crippen molar-refractivity contribution in [3.8, 4) is 0 Å². The van der Waals surface area contributed by atoms with Gasteiger partial charge in [0.2, 0.25) is 0 Å². The highest BCUT2D eigenvalue weighted by atomic mass is 19.1. The number of hydrogen-bond donors (Lipinski definition) is 2. The number of halogens is 1. The van der Waals surface area contributed by atoms with Gasteiger partial charge in [-0.1, -0.05) is 18.9 Å². The second kappa shape index (κ2) is 8.29. The average molecular weight is 348 g/mol. The molecule has 0 bridgehead atoms. The highest BCUT2D eigenvalue weighted by Crippen LogP contribution is 2.22. The van der Waals surface area contributed by atoms with Gasteiger partial charge in [-0.15, -0.1) is 0 Å². The van der Waals surface area contributed by atoms with Crippen molar-refractivity contribution in [1.29, 1.82) is 0 Å². The van der Waals surface area contributed by atoms with E-state index in [4.69, 9.17) is 4.74 Å². The number of nitrogens with one attached hydrogen (secondary N) is 2. The normalized spacial score (nSPS) is 19.1. The topological polar surface area (TPSA) is 66.0 Å². The molecule has 1 aliphatic carbocycles. The third-order valence-corrected chi connectivity index (χ3v) is 4.73. The Balaban J connectivity index is 1.60. The zero-order valence-corrected chi connectivity index (χ0v) is 14.6. The van der Waals surface area contributed by atoms with Gasteiger partial charge in [0.1, 0.15) is 5.82 Å². The van der Waals surface area contributed by atoms with Gasteiger partial charge in [0.15, 0.2) is 0 Å². The lowest BCUT2D eigenvalue weighted by Gasteiger charge is -2.29. The van der Waals surface area contributed by atoms with Crippen LogP contribution in [0.3, 0.4) is 0 Å². The second-order valence-electron chi connectivity index (χ2n) is 6.53. The minimum absolute atomic E-state index is 0.237. The van der Waals surface area contributed by atoms with Crippen LogP contribution in [0.2, 0.25) is 0 Å². The van der Waals surface area contributed by atoms with E-state index in [2.05, 4.69) is 15.8 Å². The molecule has 0 radical (unpaired) electrons. The second-order valence-corrected chi connectivity index (χ2v) is 6.53. The molecule has 0 spiro atoms. The molecule has 0 aromatic heterocycles. The maximum atomic E-state index is 14.4. The smallest absolute Gasteiger partial charge is 0.335 e. The van der Waals surface area contributed by atoms with E-state index in [-0.39, 0.29) is 17.9 Å². The molecule has 1 saturated heterocycles. The molecule has 2 amide bonds. The molecule has 7 heteroatoms. The quantitative estimate of drug-likeness (QED) is 0.649. The van der Waals surface area contributed by atoms with Gasteiger partial charge in [-0.05, 0) is 31.9 Å². The Morgan fingerprint density at radius 3 is 2.68 bits per heavy atom. The summed E-state index contributed by atoms with van der Waals surface area (Å²) in [7, 11) is 0. The first-order valence-electron chi connectivity index (χ1n) is 8.87. The summed E-state index contributed by atoms with van der Waals surface area (Å²) in [6.45, 7) is 4.35. The van der Waals surface area contributed by atoms with Crippen molar-refractivity contribution in [3.63, 3.8) is 0 Å². The predicted molar refractivity (Wildman–Crippen MR) is 95.6 cm³/mol. The van der Waals surface area contributed by atoms with Crippen molar-refractivity contribution in [2.75, 3.05) is 31.2 Å². The van der Waals surface area contributed by atoms with Crippen LogP contribution in [0.15, 0.2) is 23.3 Å². The van der Waals surface area contributed by atoms with Gasteiger partial charge < -0.3 is 15.0 Å². The average Bonchev–Trinajstić information content (AvgIpc) is 3.13. The van der Waals surface area contributed by atoms with Crippen LogP contribution in [0, 0.1) is 5.82 Å². The van der Waals surface area contributed by atoms with Gasteiger partial charge >= 0.3 is 6.03 Å². The number of nitrogens with zero attached hydrogens (tertiary/aromatic N) is 2. The summed E-state index contributed by atoms with van der Waals surface area (Å²) in [5.41, 5.74) is 4.28. The SMILES string of the molecule is CC(=NNC(=O)NC1CCCC1)c1ccc(N2CCOCC2)c(F)c1. The molecule has 1 heterocycles. The van der Waals surface area contributed by atoms with Crippen LogP contribution in [-0.2, 0) is 4.74 Å². The molecular formula is C18H25FN4O2. The molecule has 0 atom stereocenters. The van der Waals surface area contributed by atoms with Gasteiger partial charge in [-0.3, -0.25) is 0 Å². The number of benzene rings is 1. The Morgan fingerprint density at radius 2 is 2.00 bits per heavy atom. The lowest BCUT2D eigenvalue weighted by Crippen LogP contribution is -2.39. The van der Waals surface area contributed by atoms with Gasteiger partial charge in [0.05, 0.1) is 24.6 Å². The number of rotatable bonds is 4. The fourth-order valence-corrected chi connectivity index (χ4v) is 3.28. The van der Waals surface area contributed by atoms with Gasteiger partial charge in [0.25, 0.3) is 0 Å². The van der Waals surface area contributed by atoms with E-state index < -0.39 is 0 Å². The predicted octanol–water partition coefficient (Wildman–Crippen LogP) is 2.63. The summed E-state index contributed by atoms with van der Waals surface area (Å²) in [5.74, 6) is -0.288. The molecule has 1 aromatic rings. The molecule has 2 fully saturated rings. The number of carbonyl (C=O) groups excluding carboxylic acids is 1. The number of amides is 2. The van der Waals surface area contributed by atoms with Crippen LogP contribution in [-0.4, -0.2) is 44.1 Å². The molecule has 3 rings (SSSR count). The first-order valence-corrected chi connectivity index (χ1v) is 8.87. The van der Waals surface area contributed by atoms with Crippen LogP contribution >= 0.6 is 0 Å². The fraction of sp³-hybridized carbons (Fsp3) is 0.556. The van der Waals surface area contributed by atoms with E-state index in [0.29, 0.717) is 43.3 Å². The molecule has 2 N–H and O–H groups in total. The van der Waals surface area contributed by atoms with Crippen LogP contribution in [0.5, 0.6) is 0 Å². The Labute approximate surface area is 147 Å². The lowest BCUT2D eigenvalue weighted by atomic mass is 10.1. The summed E-state index contributed by atoms with van der Waals surface area (Å²) in [6, 6.07) is 4.97. The molecule has 136 valence electrons. The van der Waals surface area contributed by atoms with Crippen molar-refractivity contribution in [2.45, 2.75) is 38.6 Å². The Bertz CT molecular complexity index is 638. The summed E-state index contributed by atoms with van der Waals surface area (Å²) in [4.78, 5) is 13.8. The number of hydrogen-bond acceptors (Lipinski definition) is 4. The van der Waals surface area contributed by atoms with Crippen molar-refractivity contribution in [1.82, 2.24) is 10.7 Å². The maximum Gasteiger partial charge on any atom is 0.335 e. The Kier molecular flexibility index (Phi) is 5.86. The lowest BCUT2D eigenvalue weighted by molar-refractivity contribution is 0.122. The number of anilines is 1. The molecule has 25 heavy (non-hydrogen) atoms. The number of urea groups is 1. The van der Waals surface area contributed by atoms with Gasteiger partial charge in [0, 0.05) is 24.7 Å². The van der Waals surface area contributed by atoms with Crippen molar-refractivity contribution >= 4 is 17.4 Å². The summed E-state index contributed by atoms with van der Waals surface area (Å²) >= 11 is 0. The fourth-order valence-electron chi connectivity index (χ4n) is 3.28. The van der Waals surface area contributed by atoms with E-state index >= 15 is 0 Å². The molecule has 1 aliphatic heterocycles. The van der Waals surface area contributed by atoms with Crippen LogP contribution in [0.25, 0.3) is 0 Å². The number of morpholine rings is 1. The number of hydrazone groups is 1. The van der Waals surface area contributed by atoms with E-state index in [9.17, 15) is 9.18 Å². The monoisotopic (exact) mass is 348 g/mol. The molecular weight excluding hydrogens is 323 g/mol. The third kappa shape index (κ3) is 4.69. The number of ether oxygens (including phenoxy) is 1. The summed E-state index contributed by atoms with van der Waals surface area (Å²) < 4.78 is 19.7. The van der Waals surface area contributed by atoms with E-state index in [1.165, 1.54) is 6.07 Å². The minimum atomic E-state index is -0.309. The zero-order chi connectivity index (χ0) is 17.6. The van der Waals surface area contributed by atoms with Crippen LogP contribution < -0.4 is 15.6 Å². The van der Waals surface area contributed by atoms with E-state index in [1.807, 2.05) is 11.0 Å². The Hall–Kier alpha value is -2.15. The molecule has 6 nitrogen and oxygen atoms in total. The maximum absolute atomic E-state index is 14.4. The number of carbonyl (C=O) groups is 1. The largest absolute Gasteiger partial charge is 0.378 e. The van der Waals surface area contributed by atoms with Crippen LogP contribution in [0.4, 0.5) is 14.9 Å². The third-order valence-electron chi connectivity index (χ3n) is 4.73. The first kappa shape index (κ1) is 17.7. The Morgan fingerprint density at radius 1 is 1.28 bits per heavy atom. The highest BCUT2D eigenvalue weighted by Gasteiger charge is 2.17. The molecule has 0 unspecified atom stereocenters. The molecule has 1 aromatic carbocycles. The van der Waals surface area contributed by atoms with E-state index in [0.717, 1.165) is 25.7 Å². The molecule has 2 aliphatic rings. The molecule has 1 saturated carbocycles. The first-order chi connectivity index (χ1) is 12.1. The van der Waals surface area contributed by atoms with Crippen LogP contribution in [0.1, 0.15) is 38.2 Å². The summed E-state index contributed by atoms with van der Waals surface area (Å²) in [6.07, 6.45) is 4.35. The van der Waals surface area contributed by atoms with E-state index in [1.54, 1.807) is 13.0 Å². The minimum Gasteiger partial charge on any atom is -0.378 e. The van der Waals surface area contributed by atoms with Gasteiger partial charge in [-0.2, -0.15) is 5.10 Å². The zero-order valence-electron chi connectivity index (χ0n) is 14.6. The summed E-state index contributed by atoms with van der Waals surface area (Å²) in [5, 5.41) is 6.97. The van der Waals surface area contributed by atoms with Crippen molar-refractivity contribution in [2.24, 2.45) is 5.10 Å². The van der Waals surface area contributed by atoms with Crippen molar-refractivity contribution in [3.05, 3.63) is 29.6 Å². The standard InChI is InChI=1S/C18H25FN4O2/c1-13(21-22-18(24)20-15-4-2-3-5-15)14-6-7-17(16(19)12-14)23-8-10-25-11-9-23/h6-7,12,15H,2-5,8-11H2,1H3,(H2,20,22,24).